The molecule has 0 unspecified atom stereocenters. The highest BCUT2D eigenvalue weighted by Crippen LogP contribution is 2.52. The second kappa shape index (κ2) is 27.2. The first-order chi connectivity index (χ1) is 50.5. The molecule has 0 radical (unpaired) electrons. The number of hydrogen-bond donors (Lipinski definition) is 0. The fourth-order valence-corrected chi connectivity index (χ4v) is 17.7. The molecule has 12 aromatic rings. The molecule has 0 spiro atoms. The molecule has 5 nitrogen and oxygen atoms in total. The largest absolute Gasteiger partial charge is 0.458 e. The molecule has 0 N–H and O–H groups in total. The van der Waals surface area contributed by atoms with Gasteiger partial charge >= 0.3 is 0 Å². The Morgan fingerprint density at radius 1 is 0.314 bits per heavy atom. The zero-order valence-corrected chi connectivity index (χ0v) is 65.2. The Labute approximate surface area is 630 Å². The molecule has 4 aliphatic heterocycles. The summed E-state index contributed by atoms with van der Waals surface area (Å²) in [6, 6.07) is 94.7. The van der Waals surface area contributed by atoms with Gasteiger partial charge in [-0.25, -0.2) is 0 Å². The van der Waals surface area contributed by atoms with E-state index >= 15 is 0 Å². The van der Waals surface area contributed by atoms with Crippen molar-refractivity contribution in [1.82, 2.24) is 0 Å². The Bertz CT molecular complexity index is 5180. The smallest absolute Gasteiger partial charge is 0.256 e. The van der Waals surface area contributed by atoms with Crippen LogP contribution >= 0.6 is 11.8 Å². The number of fused-ring (bicyclic) bond motifs is 8. The van der Waals surface area contributed by atoms with Gasteiger partial charge < -0.3 is 24.3 Å². The van der Waals surface area contributed by atoms with E-state index in [1.165, 1.54) is 104 Å². The Hall–Kier alpha value is -9.88. The number of para-hydroxylation sites is 1. The molecule has 0 saturated carbocycles. The van der Waals surface area contributed by atoms with Crippen LogP contribution in [0.3, 0.4) is 0 Å². The van der Waals surface area contributed by atoms with E-state index in [9.17, 15) is 0 Å². The Kier molecular flexibility index (Phi) is 18.0. The van der Waals surface area contributed by atoms with Gasteiger partial charge in [-0.3, -0.25) is 0 Å². The van der Waals surface area contributed by atoms with E-state index in [-0.39, 0.29) is 18.8 Å². The van der Waals surface area contributed by atoms with Gasteiger partial charge in [-0.15, -0.1) is 0 Å². The van der Waals surface area contributed by atoms with Crippen molar-refractivity contribution >= 4 is 126 Å². The summed E-state index contributed by atoms with van der Waals surface area (Å²) >= 11 is 1.94. The summed E-state index contributed by atoms with van der Waals surface area (Å²) in [5.41, 5.74) is 33.9. The van der Waals surface area contributed by atoms with Crippen LogP contribution in [0.2, 0.25) is 0 Å². The van der Waals surface area contributed by atoms with Crippen molar-refractivity contribution in [2.24, 2.45) is 0 Å². The van der Waals surface area contributed by atoms with Crippen LogP contribution in [0.5, 0.6) is 11.5 Å². The maximum absolute atomic E-state index is 7.62. The Balaban J connectivity index is 0.999. The van der Waals surface area contributed by atoms with Crippen molar-refractivity contribution in [3.63, 3.8) is 0 Å². The molecule has 0 aromatic heterocycles. The van der Waals surface area contributed by atoms with Crippen LogP contribution in [0.1, 0.15) is 204 Å². The van der Waals surface area contributed by atoms with E-state index in [0.717, 1.165) is 73.9 Å². The van der Waals surface area contributed by atoms with Crippen LogP contribution < -0.4 is 57.1 Å². The quantitative estimate of drug-likeness (QED) is 0.0893. The van der Waals surface area contributed by atoms with Gasteiger partial charge in [0.2, 0.25) is 6.71 Å². The lowest BCUT2D eigenvalue weighted by Gasteiger charge is -2.44. The standard InChI is InChI=1S/C97H98B2N4OS/c1-58(2)65-24-38-74(39-25-65)100(75-40-26-66(27-41-75)59(3)4)79-52-89-95-92(54-79)104-91-49-35-72(64(13)14)51-84(91)98(95)83-56-85-93(57-88(83)103(89)86-21-19-18-20-81(86)70-22-36-73(37-23-70)97(15,16)17)105-94-55-80(101(76-42-28-67(29-43-76)60(5)6)77-44-30-68(31-45-77)61(7)8)53-90-96(94)99(85)82-50-71(63(11)12)34-48-87(82)102(90)78-46-32-69(33-47-78)62(9)10/h18-64H,1-17H3. The second-order valence-corrected chi connectivity index (χ2v) is 34.2. The topological polar surface area (TPSA) is 22.2 Å². The second-order valence-electron chi connectivity index (χ2n) is 33.1. The van der Waals surface area contributed by atoms with Crippen LogP contribution in [-0.2, 0) is 5.41 Å². The molecule has 0 amide bonds. The first-order valence-corrected chi connectivity index (χ1v) is 39.3. The van der Waals surface area contributed by atoms with Crippen LogP contribution in [-0.4, -0.2) is 13.4 Å². The lowest BCUT2D eigenvalue weighted by Crippen LogP contribution is -2.63. The highest BCUT2D eigenvalue weighted by atomic mass is 32.2. The fraction of sp³-hybridized carbons (Fsp3) is 0.258. The monoisotopic (exact) mass is 1390 g/mol. The summed E-state index contributed by atoms with van der Waals surface area (Å²) in [7, 11) is 0. The van der Waals surface area contributed by atoms with E-state index in [1.807, 2.05) is 11.8 Å². The molecular weight excluding hydrogens is 1290 g/mol. The van der Waals surface area contributed by atoms with Crippen molar-refractivity contribution < 1.29 is 4.74 Å². The molecule has 0 aliphatic carbocycles. The van der Waals surface area contributed by atoms with Gasteiger partial charge in [0.1, 0.15) is 11.5 Å². The van der Waals surface area contributed by atoms with Crippen LogP contribution in [0.4, 0.5) is 68.2 Å². The highest BCUT2D eigenvalue weighted by Gasteiger charge is 2.48. The Morgan fingerprint density at radius 3 is 1.24 bits per heavy atom. The van der Waals surface area contributed by atoms with Gasteiger partial charge in [0.05, 0.1) is 11.4 Å². The Morgan fingerprint density at radius 2 is 0.743 bits per heavy atom. The average Bonchev–Trinajstić information content (AvgIpc) is 0.689. The van der Waals surface area contributed by atoms with Gasteiger partial charge in [0.15, 0.2) is 0 Å². The molecule has 0 saturated heterocycles. The molecule has 4 aliphatic rings. The maximum atomic E-state index is 7.62. The summed E-state index contributed by atoms with van der Waals surface area (Å²) in [5.74, 6) is 4.30. The molecule has 0 bridgehead atoms. The van der Waals surface area contributed by atoms with Crippen molar-refractivity contribution in [2.75, 3.05) is 19.6 Å². The van der Waals surface area contributed by atoms with E-state index in [2.05, 4.69) is 380 Å². The SMILES string of the molecule is CC(C)c1ccc(N(c2ccc(C(C)C)cc2)c2cc3c4c(c2)N(c2ccccc2-c2ccc(C(C)(C)C)cc2)c2cc5c(cc2B4c2cc(C(C)C)ccc2O3)B2c3cc(C(C)C)ccc3N(c3ccc(C(C)C)cc3)c3cc(N(c4ccc(C(C)C)cc4)c4ccc(C(C)C)cc4)cc(c32)S5)cc1. The number of nitrogens with zero attached hydrogens (tertiary/aromatic N) is 4. The van der Waals surface area contributed by atoms with Crippen LogP contribution in [0, 0.1) is 0 Å². The number of benzene rings is 12. The van der Waals surface area contributed by atoms with Gasteiger partial charge in [0, 0.05) is 78.3 Å². The van der Waals surface area contributed by atoms with Crippen LogP contribution in [0.25, 0.3) is 11.1 Å². The number of anilines is 12. The molecule has 8 heteroatoms. The maximum Gasteiger partial charge on any atom is 0.256 e. The van der Waals surface area contributed by atoms with Gasteiger partial charge in [-0.1, -0.05) is 268 Å². The molecular formula is C97H98B2N4OS. The van der Waals surface area contributed by atoms with Crippen molar-refractivity contribution in [3.05, 3.63) is 287 Å². The molecule has 4 heterocycles. The van der Waals surface area contributed by atoms with Gasteiger partial charge in [-0.05, 0) is 227 Å². The summed E-state index contributed by atoms with van der Waals surface area (Å²) in [4.78, 5) is 12.7. The molecule has 0 fully saturated rings. The molecule has 0 atom stereocenters. The zero-order valence-electron chi connectivity index (χ0n) is 64.4. The lowest BCUT2D eigenvalue weighted by atomic mass is 9.31. The average molecular weight is 1390 g/mol. The predicted octanol–water partition coefficient (Wildman–Crippen LogP) is 24.6. The number of rotatable bonds is 16. The third-order valence-electron chi connectivity index (χ3n) is 22.8. The van der Waals surface area contributed by atoms with E-state index in [1.54, 1.807) is 0 Å². The van der Waals surface area contributed by atoms with Crippen molar-refractivity contribution in [1.29, 1.82) is 0 Å². The fourth-order valence-electron chi connectivity index (χ4n) is 16.5. The van der Waals surface area contributed by atoms with Gasteiger partial charge in [-0.2, -0.15) is 0 Å². The normalized spacial score (nSPS) is 13.4. The first kappa shape index (κ1) is 69.5. The molecule has 105 heavy (non-hydrogen) atoms. The van der Waals surface area contributed by atoms with E-state index in [4.69, 9.17) is 4.74 Å². The summed E-state index contributed by atoms with van der Waals surface area (Å²) in [6.45, 7) is 38.8. The third-order valence-corrected chi connectivity index (χ3v) is 24.0. The minimum absolute atomic E-state index is 0.0138. The highest BCUT2D eigenvalue weighted by molar-refractivity contribution is 8.00. The lowest BCUT2D eigenvalue weighted by molar-refractivity contribution is 0.487. The van der Waals surface area contributed by atoms with E-state index < -0.39 is 0 Å². The summed E-state index contributed by atoms with van der Waals surface area (Å²) in [6.07, 6.45) is 0. The third kappa shape index (κ3) is 12.5. The first-order valence-electron chi connectivity index (χ1n) is 38.5. The number of hydrogen-bond acceptors (Lipinski definition) is 6. The van der Waals surface area contributed by atoms with Gasteiger partial charge in [0.25, 0.3) is 6.71 Å². The minimum atomic E-state index is -0.197. The minimum Gasteiger partial charge on any atom is -0.458 e. The zero-order chi connectivity index (χ0) is 73.2. The summed E-state index contributed by atoms with van der Waals surface area (Å²) < 4.78 is 7.62. The van der Waals surface area contributed by atoms with E-state index in [0.29, 0.717) is 41.4 Å². The molecule has 524 valence electrons. The van der Waals surface area contributed by atoms with Crippen molar-refractivity contribution in [2.45, 2.75) is 174 Å². The molecule has 12 aromatic carbocycles. The van der Waals surface area contributed by atoms with Crippen molar-refractivity contribution in [3.8, 4) is 22.6 Å². The molecule has 16 rings (SSSR count). The van der Waals surface area contributed by atoms with Crippen LogP contribution in [0.15, 0.2) is 252 Å². The number of ether oxygens (including phenoxy) is 1. The summed E-state index contributed by atoms with van der Waals surface area (Å²) in [5, 5.41) is 0. The predicted molar refractivity (Wildman–Crippen MR) is 454 cm³/mol.